The lowest BCUT2D eigenvalue weighted by Crippen LogP contribution is -2.19. The maximum atomic E-state index is 5.59. The third kappa shape index (κ3) is 0.988. The molecular formula is C9H14O. The van der Waals surface area contributed by atoms with Crippen molar-refractivity contribution in [2.24, 2.45) is 5.92 Å². The van der Waals surface area contributed by atoms with Crippen LogP contribution in [-0.2, 0) is 4.74 Å². The zero-order chi connectivity index (χ0) is 6.97. The molecule has 2 unspecified atom stereocenters. The SMILES string of the molecule is CC1=CCC2CCOC2C1. The summed E-state index contributed by atoms with van der Waals surface area (Å²) >= 11 is 0. The Labute approximate surface area is 62.1 Å². The standard InChI is InChI=1S/C9H14O/c1-7-2-3-8-4-5-10-9(8)6-7/h2,8-9H,3-6H2,1H3. The summed E-state index contributed by atoms with van der Waals surface area (Å²) in [5.41, 5.74) is 1.52. The molecule has 2 aliphatic rings. The highest BCUT2D eigenvalue weighted by molar-refractivity contribution is 5.07. The number of hydrogen-bond donors (Lipinski definition) is 0. The van der Waals surface area contributed by atoms with Crippen molar-refractivity contribution in [1.29, 1.82) is 0 Å². The molecule has 1 aliphatic carbocycles. The van der Waals surface area contributed by atoms with Crippen molar-refractivity contribution in [3.8, 4) is 0 Å². The number of fused-ring (bicyclic) bond motifs is 1. The summed E-state index contributed by atoms with van der Waals surface area (Å²) in [5, 5.41) is 0. The Kier molecular flexibility index (Phi) is 1.53. The van der Waals surface area contributed by atoms with Gasteiger partial charge in [0.05, 0.1) is 6.10 Å². The second-order valence-electron chi connectivity index (χ2n) is 3.45. The van der Waals surface area contributed by atoms with E-state index in [1.807, 2.05) is 0 Å². The monoisotopic (exact) mass is 138 g/mol. The minimum atomic E-state index is 0.574. The molecule has 2 atom stereocenters. The van der Waals surface area contributed by atoms with Crippen LogP contribution in [0.2, 0.25) is 0 Å². The molecule has 1 heteroatoms. The Morgan fingerprint density at radius 1 is 1.60 bits per heavy atom. The van der Waals surface area contributed by atoms with E-state index in [0.29, 0.717) is 6.10 Å². The fraction of sp³-hybridized carbons (Fsp3) is 0.778. The van der Waals surface area contributed by atoms with E-state index in [4.69, 9.17) is 4.74 Å². The van der Waals surface area contributed by atoms with Crippen molar-refractivity contribution in [2.45, 2.75) is 32.3 Å². The number of allylic oxidation sites excluding steroid dienone is 1. The van der Waals surface area contributed by atoms with E-state index in [-0.39, 0.29) is 0 Å². The number of ether oxygens (including phenoxy) is 1. The Balaban J connectivity index is 2.08. The largest absolute Gasteiger partial charge is 0.378 e. The third-order valence-electron chi connectivity index (χ3n) is 2.64. The lowest BCUT2D eigenvalue weighted by atomic mass is 9.87. The molecule has 2 rings (SSSR count). The summed E-state index contributed by atoms with van der Waals surface area (Å²) in [6, 6.07) is 0. The molecule has 0 N–H and O–H groups in total. The van der Waals surface area contributed by atoms with E-state index in [9.17, 15) is 0 Å². The van der Waals surface area contributed by atoms with Gasteiger partial charge in [0, 0.05) is 6.61 Å². The average molecular weight is 138 g/mol. The van der Waals surface area contributed by atoms with E-state index in [1.165, 1.54) is 24.8 Å². The average Bonchev–Trinajstić information content (AvgIpc) is 2.33. The quantitative estimate of drug-likeness (QED) is 0.466. The van der Waals surface area contributed by atoms with Crippen molar-refractivity contribution in [1.82, 2.24) is 0 Å². The van der Waals surface area contributed by atoms with Crippen molar-refractivity contribution in [3.05, 3.63) is 11.6 Å². The van der Waals surface area contributed by atoms with Gasteiger partial charge in [-0.3, -0.25) is 0 Å². The zero-order valence-corrected chi connectivity index (χ0v) is 6.47. The second kappa shape index (κ2) is 2.39. The molecule has 1 fully saturated rings. The van der Waals surface area contributed by atoms with E-state index in [2.05, 4.69) is 13.0 Å². The van der Waals surface area contributed by atoms with Gasteiger partial charge in [0.1, 0.15) is 0 Å². The molecule has 1 nitrogen and oxygen atoms in total. The summed E-state index contributed by atoms with van der Waals surface area (Å²) in [7, 11) is 0. The highest BCUT2D eigenvalue weighted by Gasteiger charge is 2.29. The molecule has 56 valence electrons. The predicted molar refractivity (Wildman–Crippen MR) is 40.8 cm³/mol. The molecule has 0 amide bonds. The molecule has 0 radical (unpaired) electrons. The van der Waals surface area contributed by atoms with Gasteiger partial charge in [-0.05, 0) is 32.1 Å². The van der Waals surface area contributed by atoms with Gasteiger partial charge in [-0.2, -0.15) is 0 Å². The molecule has 0 spiro atoms. The van der Waals surface area contributed by atoms with Gasteiger partial charge in [-0.15, -0.1) is 0 Å². The predicted octanol–water partition coefficient (Wildman–Crippen LogP) is 2.13. The summed E-state index contributed by atoms with van der Waals surface area (Å²) in [5.74, 6) is 0.851. The molecule has 0 aromatic rings. The summed E-state index contributed by atoms with van der Waals surface area (Å²) < 4.78 is 5.59. The van der Waals surface area contributed by atoms with Crippen LogP contribution < -0.4 is 0 Å². The van der Waals surface area contributed by atoms with Gasteiger partial charge in [-0.1, -0.05) is 11.6 Å². The fourth-order valence-corrected chi connectivity index (χ4v) is 1.94. The van der Waals surface area contributed by atoms with Gasteiger partial charge >= 0.3 is 0 Å². The van der Waals surface area contributed by atoms with Gasteiger partial charge in [0.15, 0.2) is 0 Å². The van der Waals surface area contributed by atoms with Crippen LogP contribution >= 0.6 is 0 Å². The van der Waals surface area contributed by atoms with E-state index in [1.54, 1.807) is 0 Å². The zero-order valence-electron chi connectivity index (χ0n) is 6.47. The van der Waals surface area contributed by atoms with Crippen LogP contribution in [-0.4, -0.2) is 12.7 Å². The number of rotatable bonds is 0. The van der Waals surface area contributed by atoms with Gasteiger partial charge in [0.25, 0.3) is 0 Å². The maximum absolute atomic E-state index is 5.59. The molecular weight excluding hydrogens is 124 g/mol. The minimum Gasteiger partial charge on any atom is -0.378 e. The Hall–Kier alpha value is -0.300. The first-order valence-electron chi connectivity index (χ1n) is 4.13. The van der Waals surface area contributed by atoms with Crippen LogP contribution in [0.4, 0.5) is 0 Å². The third-order valence-corrected chi connectivity index (χ3v) is 2.64. The van der Waals surface area contributed by atoms with Crippen molar-refractivity contribution in [2.75, 3.05) is 6.61 Å². The maximum Gasteiger partial charge on any atom is 0.0644 e. The first-order valence-corrected chi connectivity index (χ1v) is 4.13. The smallest absolute Gasteiger partial charge is 0.0644 e. The van der Waals surface area contributed by atoms with Gasteiger partial charge in [0.2, 0.25) is 0 Å². The fourth-order valence-electron chi connectivity index (χ4n) is 1.94. The van der Waals surface area contributed by atoms with Crippen LogP contribution in [0.1, 0.15) is 26.2 Å². The summed E-state index contributed by atoms with van der Waals surface area (Å²) in [6.07, 6.45) is 6.68. The molecule has 0 saturated carbocycles. The Morgan fingerprint density at radius 3 is 3.40 bits per heavy atom. The molecule has 0 aromatic carbocycles. The molecule has 0 bridgehead atoms. The normalized spacial score (nSPS) is 39.1. The first-order chi connectivity index (χ1) is 4.86. The van der Waals surface area contributed by atoms with Crippen molar-refractivity contribution in [3.63, 3.8) is 0 Å². The Morgan fingerprint density at radius 2 is 2.50 bits per heavy atom. The van der Waals surface area contributed by atoms with E-state index < -0.39 is 0 Å². The van der Waals surface area contributed by atoms with Crippen molar-refractivity contribution >= 4 is 0 Å². The van der Waals surface area contributed by atoms with Crippen LogP contribution in [0.25, 0.3) is 0 Å². The molecule has 1 aliphatic heterocycles. The summed E-state index contributed by atoms with van der Waals surface area (Å²) in [6.45, 7) is 3.20. The highest BCUT2D eigenvalue weighted by Crippen LogP contribution is 2.33. The van der Waals surface area contributed by atoms with Gasteiger partial charge < -0.3 is 4.74 Å². The van der Waals surface area contributed by atoms with Crippen molar-refractivity contribution < 1.29 is 4.74 Å². The second-order valence-corrected chi connectivity index (χ2v) is 3.45. The number of hydrogen-bond acceptors (Lipinski definition) is 1. The lowest BCUT2D eigenvalue weighted by molar-refractivity contribution is 0.0877. The van der Waals surface area contributed by atoms with E-state index >= 15 is 0 Å². The van der Waals surface area contributed by atoms with Crippen LogP contribution in [0.3, 0.4) is 0 Å². The molecule has 1 heterocycles. The Bertz CT molecular complexity index is 160. The summed E-state index contributed by atoms with van der Waals surface area (Å²) in [4.78, 5) is 0. The van der Waals surface area contributed by atoms with Gasteiger partial charge in [-0.25, -0.2) is 0 Å². The lowest BCUT2D eigenvalue weighted by Gasteiger charge is -2.22. The molecule has 10 heavy (non-hydrogen) atoms. The molecule has 1 saturated heterocycles. The highest BCUT2D eigenvalue weighted by atomic mass is 16.5. The molecule has 0 aromatic heterocycles. The van der Waals surface area contributed by atoms with Crippen LogP contribution in [0.15, 0.2) is 11.6 Å². The van der Waals surface area contributed by atoms with Crippen LogP contribution in [0.5, 0.6) is 0 Å². The topological polar surface area (TPSA) is 9.23 Å². The van der Waals surface area contributed by atoms with Crippen LogP contribution in [0, 0.1) is 5.92 Å². The minimum absolute atomic E-state index is 0.574. The van der Waals surface area contributed by atoms with E-state index in [0.717, 1.165) is 12.5 Å². The first kappa shape index (κ1) is 6.41.